The number of nitrogens with one attached hydrogen (secondary N) is 1. The molecule has 4 aromatic rings. The number of amides is 1. The summed E-state index contributed by atoms with van der Waals surface area (Å²) in [5.41, 5.74) is 1.77. The fraction of sp³-hybridized carbons (Fsp3) is 0.120. The van der Waals surface area contributed by atoms with E-state index in [0.29, 0.717) is 22.2 Å². The van der Waals surface area contributed by atoms with Crippen LogP contribution in [0.3, 0.4) is 0 Å². The first-order valence-corrected chi connectivity index (χ1v) is 9.83. The number of carbonyl (C=O) groups is 1. The summed E-state index contributed by atoms with van der Waals surface area (Å²) in [4.78, 5) is 17.5. The van der Waals surface area contributed by atoms with Crippen molar-refractivity contribution in [2.75, 3.05) is 0 Å². The molecule has 1 N–H and O–H groups in total. The number of rotatable bonds is 4. The Kier molecular flexibility index (Phi) is 5.65. The predicted molar refractivity (Wildman–Crippen MR) is 114 cm³/mol. The molecule has 162 valence electrons. The fourth-order valence-electron chi connectivity index (χ4n) is 3.47. The highest BCUT2D eigenvalue weighted by atomic mass is 19.4. The van der Waals surface area contributed by atoms with E-state index in [1.807, 2.05) is 13.0 Å². The van der Waals surface area contributed by atoms with Crippen LogP contribution in [-0.2, 0) is 12.7 Å². The fourth-order valence-corrected chi connectivity index (χ4v) is 3.47. The van der Waals surface area contributed by atoms with E-state index in [9.17, 15) is 22.4 Å². The Bertz CT molecular complexity index is 1320. The minimum absolute atomic E-state index is 0.0899. The molecule has 3 nitrogen and oxygen atoms in total. The normalized spacial score (nSPS) is 11.5. The molecular weight excluding hydrogens is 420 g/mol. The monoisotopic (exact) mass is 438 g/mol. The molecule has 0 fully saturated rings. The van der Waals surface area contributed by atoms with Crippen LogP contribution in [0, 0.1) is 12.7 Å². The summed E-state index contributed by atoms with van der Waals surface area (Å²) in [6.45, 7) is 1.78. The first kappa shape index (κ1) is 21.5. The maximum atomic E-state index is 14.3. The average Bonchev–Trinajstić information content (AvgIpc) is 2.77. The summed E-state index contributed by atoms with van der Waals surface area (Å²) in [6.07, 6.45) is -4.46. The number of hydrogen-bond donors (Lipinski definition) is 1. The molecule has 0 aliphatic rings. The quantitative estimate of drug-likeness (QED) is 0.380. The molecule has 1 heterocycles. The Morgan fingerprint density at radius 3 is 2.50 bits per heavy atom. The summed E-state index contributed by atoms with van der Waals surface area (Å²) in [5.74, 6) is -0.959. The van der Waals surface area contributed by atoms with Gasteiger partial charge in [0.25, 0.3) is 5.91 Å². The lowest BCUT2D eigenvalue weighted by atomic mass is 10.0. The lowest BCUT2D eigenvalue weighted by Gasteiger charge is -2.13. The Hall–Kier alpha value is -3.74. The number of pyridine rings is 1. The zero-order valence-electron chi connectivity index (χ0n) is 17.0. The maximum absolute atomic E-state index is 14.3. The first-order valence-electron chi connectivity index (χ1n) is 9.83. The van der Waals surface area contributed by atoms with Crippen molar-refractivity contribution in [2.24, 2.45) is 0 Å². The van der Waals surface area contributed by atoms with Crippen LogP contribution in [0.25, 0.3) is 22.2 Å². The smallest absolute Gasteiger partial charge is 0.348 e. The third-order valence-corrected chi connectivity index (χ3v) is 5.07. The Balaban J connectivity index is 1.70. The number of aromatic nitrogens is 1. The summed E-state index contributed by atoms with van der Waals surface area (Å²) >= 11 is 0. The number of hydrogen-bond acceptors (Lipinski definition) is 2. The second kappa shape index (κ2) is 8.42. The van der Waals surface area contributed by atoms with Gasteiger partial charge >= 0.3 is 6.18 Å². The number of halogens is 4. The van der Waals surface area contributed by atoms with Crippen molar-refractivity contribution >= 4 is 16.8 Å². The van der Waals surface area contributed by atoms with E-state index in [4.69, 9.17) is 0 Å². The number of benzene rings is 3. The van der Waals surface area contributed by atoms with Gasteiger partial charge in [0, 0.05) is 17.5 Å². The molecule has 1 aromatic heterocycles. The van der Waals surface area contributed by atoms with Gasteiger partial charge < -0.3 is 5.32 Å². The predicted octanol–water partition coefficient (Wildman–Crippen LogP) is 6.30. The van der Waals surface area contributed by atoms with E-state index in [2.05, 4.69) is 10.3 Å². The molecule has 0 unspecified atom stereocenters. The van der Waals surface area contributed by atoms with E-state index in [0.717, 1.165) is 17.7 Å². The van der Waals surface area contributed by atoms with E-state index in [1.165, 1.54) is 24.3 Å². The van der Waals surface area contributed by atoms with Gasteiger partial charge in [-0.15, -0.1) is 0 Å². The Morgan fingerprint density at radius 2 is 1.75 bits per heavy atom. The van der Waals surface area contributed by atoms with E-state index < -0.39 is 23.5 Å². The third kappa shape index (κ3) is 4.46. The van der Waals surface area contributed by atoms with E-state index in [1.54, 1.807) is 30.3 Å². The van der Waals surface area contributed by atoms with Crippen molar-refractivity contribution < 1.29 is 22.4 Å². The van der Waals surface area contributed by atoms with Crippen LogP contribution in [0.4, 0.5) is 17.6 Å². The third-order valence-electron chi connectivity index (χ3n) is 5.07. The van der Waals surface area contributed by atoms with Gasteiger partial charge in [-0.3, -0.25) is 4.79 Å². The van der Waals surface area contributed by atoms with Crippen molar-refractivity contribution in [3.63, 3.8) is 0 Å². The van der Waals surface area contributed by atoms with Crippen LogP contribution in [-0.4, -0.2) is 10.9 Å². The summed E-state index contributed by atoms with van der Waals surface area (Å²) in [6, 6.07) is 17.8. The van der Waals surface area contributed by atoms with Gasteiger partial charge in [0.2, 0.25) is 0 Å². The minimum Gasteiger partial charge on any atom is -0.348 e. The van der Waals surface area contributed by atoms with Crippen molar-refractivity contribution in [1.29, 1.82) is 0 Å². The zero-order chi connectivity index (χ0) is 22.9. The Morgan fingerprint density at radius 1 is 0.969 bits per heavy atom. The standard InChI is InChI=1S/C25H18F4N2O/c1-15-9-10-22-19(11-15)20(13-23(31-22)18-7-2-3-8-21(18)26)24(32)30-14-16-5-4-6-17(12-16)25(27,28)29/h2-13H,14H2,1H3,(H,30,32). The topological polar surface area (TPSA) is 42.0 Å². The summed E-state index contributed by atoms with van der Waals surface area (Å²) < 4.78 is 53.2. The minimum atomic E-state index is -4.46. The number of alkyl halides is 3. The van der Waals surface area contributed by atoms with Crippen LogP contribution in [0.2, 0.25) is 0 Å². The number of carbonyl (C=O) groups excluding carboxylic acids is 1. The van der Waals surface area contributed by atoms with Crippen LogP contribution in [0.5, 0.6) is 0 Å². The number of nitrogens with zero attached hydrogens (tertiary/aromatic N) is 1. The molecule has 0 atom stereocenters. The SMILES string of the molecule is Cc1ccc2nc(-c3ccccc3F)cc(C(=O)NCc3cccc(C(F)(F)F)c3)c2c1. The molecule has 32 heavy (non-hydrogen) atoms. The van der Waals surface area contributed by atoms with Crippen LogP contribution in [0.15, 0.2) is 72.8 Å². The van der Waals surface area contributed by atoms with Gasteiger partial charge in [0.1, 0.15) is 5.82 Å². The second-order valence-electron chi connectivity index (χ2n) is 7.44. The Labute approximate surface area is 181 Å². The van der Waals surface area contributed by atoms with Crippen LogP contribution in [0.1, 0.15) is 27.0 Å². The molecule has 7 heteroatoms. The van der Waals surface area contributed by atoms with Gasteiger partial charge in [-0.25, -0.2) is 9.37 Å². The van der Waals surface area contributed by atoms with Gasteiger partial charge in [0.15, 0.2) is 0 Å². The molecule has 3 aromatic carbocycles. The molecule has 1 amide bonds. The molecule has 0 spiro atoms. The highest BCUT2D eigenvalue weighted by molar-refractivity contribution is 6.07. The zero-order valence-corrected chi connectivity index (χ0v) is 17.0. The molecule has 0 radical (unpaired) electrons. The summed E-state index contributed by atoms with van der Waals surface area (Å²) in [7, 11) is 0. The van der Waals surface area contributed by atoms with Gasteiger partial charge in [-0.05, 0) is 55.0 Å². The number of aryl methyl sites for hydroxylation is 1. The number of fused-ring (bicyclic) bond motifs is 1. The van der Waals surface area contributed by atoms with Gasteiger partial charge in [-0.2, -0.15) is 13.2 Å². The molecule has 0 aliphatic carbocycles. The largest absolute Gasteiger partial charge is 0.416 e. The van der Waals surface area contributed by atoms with Gasteiger partial charge in [0.05, 0.1) is 22.3 Å². The maximum Gasteiger partial charge on any atom is 0.416 e. The van der Waals surface area contributed by atoms with Crippen molar-refractivity contribution in [2.45, 2.75) is 19.6 Å². The molecular formula is C25H18F4N2O. The lowest BCUT2D eigenvalue weighted by molar-refractivity contribution is -0.137. The highest BCUT2D eigenvalue weighted by Crippen LogP contribution is 2.30. The van der Waals surface area contributed by atoms with Crippen LogP contribution < -0.4 is 5.32 Å². The second-order valence-corrected chi connectivity index (χ2v) is 7.44. The average molecular weight is 438 g/mol. The lowest BCUT2D eigenvalue weighted by Crippen LogP contribution is -2.23. The molecule has 0 saturated carbocycles. The van der Waals surface area contributed by atoms with Crippen molar-refractivity contribution in [3.05, 3.63) is 101 Å². The molecule has 0 saturated heterocycles. The molecule has 4 rings (SSSR count). The van der Waals surface area contributed by atoms with E-state index in [-0.39, 0.29) is 17.7 Å². The van der Waals surface area contributed by atoms with Crippen LogP contribution >= 0.6 is 0 Å². The van der Waals surface area contributed by atoms with Crippen molar-refractivity contribution in [1.82, 2.24) is 10.3 Å². The highest BCUT2D eigenvalue weighted by Gasteiger charge is 2.30. The van der Waals surface area contributed by atoms with E-state index >= 15 is 0 Å². The molecule has 0 aliphatic heterocycles. The first-order chi connectivity index (χ1) is 15.2. The molecule has 0 bridgehead atoms. The summed E-state index contributed by atoms with van der Waals surface area (Å²) in [5, 5.41) is 3.25. The van der Waals surface area contributed by atoms with Crippen molar-refractivity contribution in [3.8, 4) is 11.3 Å². The van der Waals surface area contributed by atoms with Gasteiger partial charge in [-0.1, -0.05) is 35.9 Å².